The first kappa shape index (κ1) is 39.9. The maximum absolute atomic E-state index is 12.6. The van der Waals surface area contributed by atoms with Crippen LogP contribution in [0.1, 0.15) is 77.8 Å². The van der Waals surface area contributed by atoms with Crippen LogP contribution in [0.2, 0.25) is 0 Å². The maximum Gasteiger partial charge on any atom is 0.408 e. The van der Waals surface area contributed by atoms with E-state index in [1.807, 2.05) is 74.5 Å². The fourth-order valence-corrected chi connectivity index (χ4v) is 4.00. The van der Waals surface area contributed by atoms with E-state index in [1.54, 1.807) is 20.8 Å². The maximum atomic E-state index is 12.6. The fraction of sp³-hybridized carbons (Fsp3) is 0.529. The first-order chi connectivity index (χ1) is 21.7. The standard InChI is InChI=1S/C26H34N2O6.C8H17NO3/c1-26(2,3)34-25(31)28-22(23(29)32-18-20-12-6-4-7-13-20)16-10-11-17-27-24(30)33-19-21-14-8-5-9-15-21;1-5(2)3-6(9)7(10)4-8(11)12/h4-9,12-15,22H,10-11,16-19H2,1-3H3,(H,27,30)(H,28,31);5-7,10H,3-4,9H2,1-2H3,(H,11,12)/t22-;6-,7-/m00/s1. The number of carboxylic acid groups (broad SMARTS) is 1. The largest absolute Gasteiger partial charge is 0.481 e. The summed E-state index contributed by atoms with van der Waals surface area (Å²) in [5, 5.41) is 22.9. The molecule has 0 heterocycles. The number of hydrogen-bond acceptors (Lipinski definition) is 9. The number of rotatable bonds is 16. The predicted molar refractivity (Wildman–Crippen MR) is 174 cm³/mol. The molecule has 0 spiro atoms. The quantitative estimate of drug-likeness (QED) is 0.0953. The molecular weight excluding hydrogens is 594 g/mol. The Balaban J connectivity index is 0.000000745. The molecule has 46 heavy (non-hydrogen) atoms. The number of hydrogen-bond donors (Lipinski definition) is 5. The van der Waals surface area contributed by atoms with Crippen LogP contribution in [0, 0.1) is 5.92 Å². The lowest BCUT2D eigenvalue weighted by molar-refractivity contribution is -0.147. The van der Waals surface area contributed by atoms with Crippen molar-refractivity contribution >= 4 is 24.1 Å². The summed E-state index contributed by atoms with van der Waals surface area (Å²) >= 11 is 0. The Labute approximate surface area is 272 Å². The first-order valence-electron chi connectivity index (χ1n) is 15.5. The average Bonchev–Trinajstić information content (AvgIpc) is 2.98. The number of carbonyl (C=O) groups is 4. The van der Waals surface area contributed by atoms with E-state index in [1.165, 1.54) is 0 Å². The molecule has 2 aromatic carbocycles. The number of unbranched alkanes of at least 4 members (excludes halogenated alkanes) is 1. The van der Waals surface area contributed by atoms with Gasteiger partial charge in [0.15, 0.2) is 0 Å². The number of ether oxygens (including phenoxy) is 3. The number of aliphatic hydroxyl groups is 1. The molecule has 0 radical (unpaired) electrons. The van der Waals surface area contributed by atoms with Gasteiger partial charge in [-0.25, -0.2) is 14.4 Å². The van der Waals surface area contributed by atoms with Crippen LogP contribution in [-0.2, 0) is 37.0 Å². The normalized spacial score (nSPS) is 12.9. The number of aliphatic hydroxyl groups excluding tert-OH is 1. The molecule has 0 fully saturated rings. The summed E-state index contributed by atoms with van der Waals surface area (Å²) in [5.41, 5.74) is 6.62. The lowest BCUT2D eigenvalue weighted by Gasteiger charge is -2.23. The van der Waals surface area contributed by atoms with Crippen molar-refractivity contribution in [3.05, 3.63) is 71.8 Å². The van der Waals surface area contributed by atoms with Gasteiger partial charge in [0.1, 0.15) is 24.9 Å². The molecule has 0 aliphatic rings. The Morgan fingerprint density at radius 3 is 1.89 bits per heavy atom. The van der Waals surface area contributed by atoms with Crippen molar-refractivity contribution in [2.75, 3.05) is 6.54 Å². The highest BCUT2D eigenvalue weighted by Gasteiger charge is 2.25. The SMILES string of the molecule is CC(C)(C)OC(=O)N[C@@H](CCCCNC(=O)OCc1ccccc1)C(=O)OCc1ccccc1.CC(C)C[C@H](N)[C@@H](O)CC(=O)O. The van der Waals surface area contributed by atoms with Crippen LogP contribution in [0.5, 0.6) is 0 Å². The van der Waals surface area contributed by atoms with Crippen molar-refractivity contribution < 1.29 is 43.6 Å². The zero-order valence-electron chi connectivity index (χ0n) is 27.6. The van der Waals surface area contributed by atoms with E-state index >= 15 is 0 Å². The fourth-order valence-electron chi connectivity index (χ4n) is 4.00. The van der Waals surface area contributed by atoms with Crippen molar-refractivity contribution in [2.45, 2.75) is 104 Å². The zero-order chi connectivity index (χ0) is 34.5. The van der Waals surface area contributed by atoms with Crippen molar-refractivity contribution in [3.63, 3.8) is 0 Å². The molecule has 0 saturated carbocycles. The third-order valence-corrected chi connectivity index (χ3v) is 6.22. The van der Waals surface area contributed by atoms with Crippen molar-refractivity contribution in [2.24, 2.45) is 11.7 Å². The Hall–Kier alpha value is -4.16. The summed E-state index contributed by atoms with van der Waals surface area (Å²) in [6.45, 7) is 9.89. The molecule has 2 aromatic rings. The second kappa shape index (κ2) is 21.6. The molecule has 0 aliphatic carbocycles. The number of carboxylic acids is 1. The molecule has 2 amide bonds. The van der Waals surface area contributed by atoms with Crippen LogP contribution in [0.15, 0.2) is 60.7 Å². The number of aliphatic carboxylic acids is 1. The molecule has 256 valence electrons. The van der Waals surface area contributed by atoms with Crippen LogP contribution in [0.4, 0.5) is 9.59 Å². The van der Waals surface area contributed by atoms with Gasteiger partial charge in [0.2, 0.25) is 0 Å². The van der Waals surface area contributed by atoms with Crippen LogP contribution in [0.3, 0.4) is 0 Å². The summed E-state index contributed by atoms with van der Waals surface area (Å²) in [5.74, 6) is -1.17. The van der Waals surface area contributed by atoms with Gasteiger partial charge in [-0.05, 0) is 63.5 Å². The molecule has 0 bridgehead atoms. The molecule has 12 heteroatoms. The van der Waals surface area contributed by atoms with Gasteiger partial charge in [0.05, 0.1) is 12.5 Å². The first-order valence-corrected chi connectivity index (χ1v) is 15.5. The zero-order valence-corrected chi connectivity index (χ0v) is 27.6. The number of amides is 2. The Bertz CT molecular complexity index is 1170. The predicted octanol–water partition coefficient (Wildman–Crippen LogP) is 4.92. The van der Waals surface area contributed by atoms with Crippen LogP contribution in [0.25, 0.3) is 0 Å². The van der Waals surface area contributed by atoms with E-state index in [0.717, 1.165) is 11.1 Å². The molecule has 6 N–H and O–H groups in total. The number of benzene rings is 2. The number of carbonyl (C=O) groups excluding carboxylic acids is 3. The Kier molecular flexibility index (Phi) is 18.7. The van der Waals surface area contributed by atoms with Gasteiger partial charge in [0.25, 0.3) is 0 Å². The van der Waals surface area contributed by atoms with E-state index in [2.05, 4.69) is 10.6 Å². The van der Waals surface area contributed by atoms with Gasteiger partial charge in [-0.3, -0.25) is 4.79 Å². The molecule has 3 atom stereocenters. The highest BCUT2D eigenvalue weighted by molar-refractivity contribution is 5.81. The minimum atomic E-state index is -1.01. The highest BCUT2D eigenvalue weighted by atomic mass is 16.6. The Morgan fingerprint density at radius 1 is 0.848 bits per heavy atom. The molecule has 0 saturated heterocycles. The second-order valence-electron chi connectivity index (χ2n) is 12.2. The van der Waals surface area contributed by atoms with Gasteiger partial charge in [-0.1, -0.05) is 74.5 Å². The summed E-state index contributed by atoms with van der Waals surface area (Å²) in [7, 11) is 0. The molecule has 0 aromatic heterocycles. The minimum absolute atomic E-state index is 0.112. The molecule has 12 nitrogen and oxygen atoms in total. The summed E-state index contributed by atoms with van der Waals surface area (Å²) in [6.07, 6.45) is -0.231. The molecule has 2 rings (SSSR count). The van der Waals surface area contributed by atoms with Crippen molar-refractivity contribution in [1.29, 1.82) is 0 Å². The van der Waals surface area contributed by atoms with Crippen LogP contribution < -0.4 is 16.4 Å². The number of alkyl carbamates (subject to hydrolysis) is 2. The molecular formula is C34H51N3O9. The summed E-state index contributed by atoms with van der Waals surface area (Å²) in [6, 6.07) is 17.4. The van der Waals surface area contributed by atoms with E-state index in [4.69, 9.17) is 25.1 Å². The summed E-state index contributed by atoms with van der Waals surface area (Å²) < 4.78 is 15.8. The van der Waals surface area contributed by atoms with Crippen LogP contribution in [-0.4, -0.2) is 64.7 Å². The van der Waals surface area contributed by atoms with Gasteiger partial charge in [-0.15, -0.1) is 0 Å². The number of nitrogens with two attached hydrogens (primary N) is 1. The number of nitrogens with one attached hydrogen (secondary N) is 2. The van der Waals surface area contributed by atoms with E-state index < -0.39 is 47.9 Å². The smallest absolute Gasteiger partial charge is 0.408 e. The monoisotopic (exact) mass is 645 g/mol. The van der Waals surface area contributed by atoms with Crippen molar-refractivity contribution in [3.8, 4) is 0 Å². The van der Waals surface area contributed by atoms with E-state index in [-0.39, 0.29) is 19.6 Å². The topological polar surface area (TPSA) is 187 Å². The molecule has 0 unspecified atom stereocenters. The van der Waals surface area contributed by atoms with Crippen LogP contribution >= 0.6 is 0 Å². The van der Waals surface area contributed by atoms with Gasteiger partial charge in [0, 0.05) is 12.6 Å². The second-order valence-corrected chi connectivity index (χ2v) is 12.2. The lowest BCUT2D eigenvalue weighted by Crippen LogP contribution is -2.44. The average molecular weight is 646 g/mol. The third kappa shape index (κ3) is 20.0. The van der Waals surface area contributed by atoms with E-state index in [0.29, 0.717) is 38.1 Å². The lowest BCUT2D eigenvalue weighted by atomic mass is 9.98. The van der Waals surface area contributed by atoms with E-state index in [9.17, 15) is 24.3 Å². The summed E-state index contributed by atoms with van der Waals surface area (Å²) in [4.78, 5) is 46.9. The minimum Gasteiger partial charge on any atom is -0.481 e. The van der Waals surface area contributed by atoms with Gasteiger partial charge >= 0.3 is 24.1 Å². The van der Waals surface area contributed by atoms with Gasteiger partial charge in [-0.2, -0.15) is 0 Å². The van der Waals surface area contributed by atoms with Gasteiger partial charge < -0.3 is 40.8 Å². The highest BCUT2D eigenvalue weighted by Crippen LogP contribution is 2.11. The molecule has 0 aliphatic heterocycles. The number of esters is 1. The Morgan fingerprint density at radius 2 is 1.39 bits per heavy atom. The van der Waals surface area contributed by atoms with Crippen molar-refractivity contribution in [1.82, 2.24) is 10.6 Å². The third-order valence-electron chi connectivity index (χ3n) is 6.22.